The van der Waals surface area contributed by atoms with Crippen LogP contribution in [0.2, 0.25) is 0 Å². The van der Waals surface area contributed by atoms with Gasteiger partial charge in [0.1, 0.15) is 5.52 Å². The number of rotatable bonds is 2. The number of halogens is 3. The maximum absolute atomic E-state index is 12.1. The normalized spacial score (nSPS) is 11.7. The van der Waals surface area contributed by atoms with Crippen molar-refractivity contribution in [1.29, 1.82) is 0 Å². The monoisotopic (exact) mass is 332 g/mol. The second-order valence-electron chi connectivity index (χ2n) is 4.66. The smallest absolute Gasteiger partial charge is 0.266 e. The highest BCUT2D eigenvalue weighted by molar-refractivity contribution is 7.09. The Bertz CT molecular complexity index is 727. The second-order valence-corrected chi connectivity index (χ2v) is 5.40. The summed E-state index contributed by atoms with van der Waals surface area (Å²) >= 11 is 1.34. The van der Waals surface area contributed by atoms with Gasteiger partial charge in [0, 0.05) is 10.8 Å². The zero-order chi connectivity index (χ0) is 16.5. The lowest BCUT2D eigenvalue weighted by molar-refractivity contribution is -0.174. The molecule has 0 aliphatic rings. The summed E-state index contributed by atoms with van der Waals surface area (Å²) in [6.07, 6.45) is -5.09. The average Bonchev–Trinajstić information content (AvgIpc) is 2.88. The lowest BCUT2D eigenvalue weighted by atomic mass is 10.1. The lowest BCUT2D eigenvalue weighted by Gasteiger charge is -2.12. The first kappa shape index (κ1) is 16.1. The summed E-state index contributed by atoms with van der Waals surface area (Å²) in [5.41, 5.74) is 4.28. The Morgan fingerprint density at radius 3 is 2.27 bits per heavy atom. The average molecular weight is 332 g/mol. The standard InChI is InChI=1S/C12H11F3N4O2S/c1-5(2)8-9(17-7-4-22-3-6(7)16-8)10(20)18-19-11(21)12(13,14)15/h3-5H,1-2H3,(H,18,20)(H,19,21). The highest BCUT2D eigenvalue weighted by atomic mass is 32.1. The van der Waals surface area contributed by atoms with Crippen molar-refractivity contribution in [2.75, 3.05) is 0 Å². The molecule has 0 aromatic carbocycles. The van der Waals surface area contributed by atoms with Gasteiger partial charge in [0.05, 0.1) is 11.2 Å². The van der Waals surface area contributed by atoms with Crippen LogP contribution >= 0.6 is 11.3 Å². The molecule has 2 N–H and O–H groups in total. The maximum Gasteiger partial charge on any atom is 0.472 e. The summed E-state index contributed by atoms with van der Waals surface area (Å²) in [6.45, 7) is 3.54. The van der Waals surface area contributed by atoms with E-state index in [-0.39, 0.29) is 11.6 Å². The highest BCUT2D eigenvalue weighted by Gasteiger charge is 2.39. The number of hydrogen-bond donors (Lipinski definition) is 2. The van der Waals surface area contributed by atoms with E-state index in [1.807, 2.05) is 0 Å². The molecule has 0 aliphatic carbocycles. The summed E-state index contributed by atoms with van der Waals surface area (Å²) in [5.74, 6) is -3.39. The summed E-state index contributed by atoms with van der Waals surface area (Å²) in [4.78, 5) is 31.1. The molecule has 2 aromatic rings. The molecular formula is C12H11F3N4O2S. The summed E-state index contributed by atoms with van der Waals surface area (Å²) < 4.78 is 36.3. The van der Waals surface area contributed by atoms with Gasteiger partial charge >= 0.3 is 12.1 Å². The van der Waals surface area contributed by atoms with Gasteiger partial charge in [0.15, 0.2) is 5.69 Å². The van der Waals surface area contributed by atoms with E-state index in [0.29, 0.717) is 16.7 Å². The predicted octanol–water partition coefficient (Wildman–Crippen LogP) is 2.14. The van der Waals surface area contributed by atoms with Gasteiger partial charge in [0.2, 0.25) is 0 Å². The fraction of sp³-hybridized carbons (Fsp3) is 0.333. The SMILES string of the molecule is CC(C)c1nc2cscc2nc1C(=O)NNC(=O)C(F)(F)F. The molecule has 6 nitrogen and oxygen atoms in total. The van der Waals surface area contributed by atoms with Crippen LogP contribution in [0.4, 0.5) is 13.2 Å². The molecule has 0 fully saturated rings. The Morgan fingerprint density at radius 2 is 1.73 bits per heavy atom. The number of alkyl halides is 3. The third-order valence-electron chi connectivity index (χ3n) is 2.65. The Labute approximate surface area is 126 Å². The van der Waals surface area contributed by atoms with Crippen LogP contribution < -0.4 is 10.9 Å². The fourth-order valence-electron chi connectivity index (χ4n) is 1.62. The minimum atomic E-state index is -5.09. The molecule has 0 atom stereocenters. The number of carbonyl (C=O) groups is 2. The molecule has 0 aliphatic heterocycles. The van der Waals surface area contributed by atoms with Gasteiger partial charge in [-0.25, -0.2) is 9.97 Å². The van der Waals surface area contributed by atoms with Crippen LogP contribution in [0.15, 0.2) is 10.8 Å². The zero-order valence-corrected chi connectivity index (χ0v) is 12.3. The molecule has 2 aromatic heterocycles. The fourth-order valence-corrected chi connectivity index (χ4v) is 2.30. The van der Waals surface area contributed by atoms with E-state index >= 15 is 0 Å². The first-order chi connectivity index (χ1) is 10.2. The minimum Gasteiger partial charge on any atom is -0.266 e. The van der Waals surface area contributed by atoms with E-state index in [1.54, 1.807) is 30.0 Å². The first-order valence-electron chi connectivity index (χ1n) is 6.11. The minimum absolute atomic E-state index is 0.122. The molecule has 0 bridgehead atoms. The molecule has 0 unspecified atom stereocenters. The molecule has 2 heterocycles. The topological polar surface area (TPSA) is 84.0 Å². The molecule has 0 radical (unpaired) electrons. The molecular weight excluding hydrogens is 321 g/mol. The number of hydrazine groups is 1. The predicted molar refractivity (Wildman–Crippen MR) is 73.2 cm³/mol. The zero-order valence-electron chi connectivity index (χ0n) is 11.5. The van der Waals surface area contributed by atoms with Crippen LogP contribution in [-0.2, 0) is 4.79 Å². The van der Waals surface area contributed by atoms with Crippen LogP contribution in [0.25, 0.3) is 11.0 Å². The van der Waals surface area contributed by atoms with Gasteiger partial charge in [-0.05, 0) is 5.92 Å². The molecule has 118 valence electrons. The third kappa shape index (κ3) is 3.32. The van der Waals surface area contributed by atoms with Crippen molar-refractivity contribution in [3.8, 4) is 0 Å². The van der Waals surface area contributed by atoms with Gasteiger partial charge < -0.3 is 0 Å². The number of fused-ring (bicyclic) bond motifs is 1. The lowest BCUT2D eigenvalue weighted by Crippen LogP contribution is -2.48. The Balaban J connectivity index is 2.26. The number of thiophene rings is 1. The quantitative estimate of drug-likeness (QED) is 0.825. The molecule has 2 amide bonds. The van der Waals surface area contributed by atoms with Crippen LogP contribution in [0.3, 0.4) is 0 Å². The Morgan fingerprint density at radius 1 is 1.14 bits per heavy atom. The van der Waals surface area contributed by atoms with Crippen molar-refractivity contribution in [3.63, 3.8) is 0 Å². The molecule has 22 heavy (non-hydrogen) atoms. The molecule has 2 rings (SSSR count). The molecule has 10 heteroatoms. The Hall–Kier alpha value is -2.23. The van der Waals surface area contributed by atoms with Crippen molar-refractivity contribution in [2.24, 2.45) is 0 Å². The number of hydrogen-bond acceptors (Lipinski definition) is 5. The van der Waals surface area contributed by atoms with E-state index < -0.39 is 18.0 Å². The molecule has 0 saturated carbocycles. The number of carbonyl (C=O) groups excluding carboxylic acids is 2. The summed E-state index contributed by atoms with van der Waals surface area (Å²) in [7, 11) is 0. The second kappa shape index (κ2) is 5.87. The first-order valence-corrected chi connectivity index (χ1v) is 7.05. The van der Waals surface area contributed by atoms with Crippen molar-refractivity contribution in [3.05, 3.63) is 22.1 Å². The van der Waals surface area contributed by atoms with Gasteiger partial charge in [-0.1, -0.05) is 13.8 Å². The van der Waals surface area contributed by atoms with Gasteiger partial charge in [-0.3, -0.25) is 20.4 Å². The van der Waals surface area contributed by atoms with Crippen LogP contribution in [0.5, 0.6) is 0 Å². The van der Waals surface area contributed by atoms with E-state index in [1.165, 1.54) is 16.8 Å². The van der Waals surface area contributed by atoms with Crippen molar-refractivity contribution >= 4 is 34.2 Å². The number of amides is 2. The molecule has 0 spiro atoms. The van der Waals surface area contributed by atoms with E-state index in [9.17, 15) is 22.8 Å². The van der Waals surface area contributed by atoms with E-state index in [2.05, 4.69) is 9.97 Å². The summed E-state index contributed by atoms with van der Waals surface area (Å²) in [5, 5.41) is 3.42. The molecule has 0 saturated heterocycles. The van der Waals surface area contributed by atoms with E-state index in [0.717, 1.165) is 0 Å². The van der Waals surface area contributed by atoms with Crippen LogP contribution in [0, 0.1) is 0 Å². The van der Waals surface area contributed by atoms with Gasteiger partial charge in [-0.15, -0.1) is 11.3 Å². The Kier molecular flexibility index (Phi) is 4.31. The highest BCUT2D eigenvalue weighted by Crippen LogP contribution is 2.22. The van der Waals surface area contributed by atoms with Crippen LogP contribution in [-0.4, -0.2) is 28.0 Å². The van der Waals surface area contributed by atoms with Crippen LogP contribution in [0.1, 0.15) is 35.9 Å². The van der Waals surface area contributed by atoms with Crippen molar-refractivity contribution in [2.45, 2.75) is 25.9 Å². The van der Waals surface area contributed by atoms with Gasteiger partial charge in [-0.2, -0.15) is 13.2 Å². The summed E-state index contributed by atoms with van der Waals surface area (Å²) in [6, 6.07) is 0. The van der Waals surface area contributed by atoms with Crippen molar-refractivity contribution < 1.29 is 22.8 Å². The third-order valence-corrected chi connectivity index (χ3v) is 3.37. The number of aromatic nitrogens is 2. The number of nitrogens with zero attached hydrogens (tertiary/aromatic N) is 2. The van der Waals surface area contributed by atoms with E-state index in [4.69, 9.17) is 0 Å². The largest absolute Gasteiger partial charge is 0.472 e. The maximum atomic E-state index is 12.1. The van der Waals surface area contributed by atoms with Crippen molar-refractivity contribution in [1.82, 2.24) is 20.8 Å². The number of nitrogens with one attached hydrogen (secondary N) is 2. The van der Waals surface area contributed by atoms with Gasteiger partial charge in [0.25, 0.3) is 5.91 Å².